The second kappa shape index (κ2) is 15.0. The highest BCUT2D eigenvalue weighted by molar-refractivity contribution is 7.83. The largest absolute Gasteiger partial charge is 0.447 e. The average molecular weight is 626 g/mol. The van der Waals surface area contributed by atoms with Gasteiger partial charge in [-0.3, -0.25) is 0 Å². The van der Waals surface area contributed by atoms with E-state index in [1.807, 2.05) is 68.6 Å². The Morgan fingerprint density at radius 2 is 1.88 bits per heavy atom. The van der Waals surface area contributed by atoms with Crippen LogP contribution in [0.2, 0.25) is 0 Å². The number of aromatic nitrogens is 1. The molecular formula is C32H43N5O4S2. The Labute approximate surface area is 261 Å². The maximum Gasteiger partial charge on any atom is 0.407 e. The third kappa shape index (κ3) is 9.62. The van der Waals surface area contributed by atoms with Crippen molar-refractivity contribution < 1.29 is 18.8 Å². The van der Waals surface area contributed by atoms with Gasteiger partial charge in [-0.05, 0) is 71.1 Å². The summed E-state index contributed by atoms with van der Waals surface area (Å²) >= 11 is 1.61. The van der Waals surface area contributed by atoms with Gasteiger partial charge in [0.15, 0.2) is 0 Å². The molecule has 0 aliphatic heterocycles. The lowest BCUT2D eigenvalue weighted by atomic mass is 9.86. The third-order valence-electron chi connectivity index (χ3n) is 7.12. The number of aliphatic hydroxyl groups excluding tert-OH is 1. The SMILES string of the molecule is C=C(NCc1ccccc1)Nc1ccc(-c2cnc(C3CCC(NC(=O)OC(C)C)CC3)s2)c(S(=O)NC(C)(C)CO)c1. The maximum atomic E-state index is 13.6. The second-order valence-electron chi connectivity index (χ2n) is 11.8. The van der Waals surface area contributed by atoms with Crippen molar-refractivity contribution in [3.05, 3.63) is 77.7 Å². The number of benzene rings is 2. The van der Waals surface area contributed by atoms with Crippen LogP contribution in [0, 0.1) is 0 Å². The first-order valence-corrected chi connectivity index (χ1v) is 16.6. The Bertz CT molecular complexity index is 1400. The molecule has 5 N–H and O–H groups in total. The Morgan fingerprint density at radius 3 is 2.56 bits per heavy atom. The van der Waals surface area contributed by atoms with Crippen molar-refractivity contribution in [2.75, 3.05) is 11.9 Å². The summed E-state index contributed by atoms with van der Waals surface area (Å²) in [6, 6.07) is 15.9. The van der Waals surface area contributed by atoms with Gasteiger partial charge in [-0.25, -0.2) is 18.7 Å². The highest BCUT2D eigenvalue weighted by Crippen LogP contribution is 2.39. The molecule has 1 saturated carbocycles. The Balaban J connectivity index is 1.47. The summed E-state index contributed by atoms with van der Waals surface area (Å²) in [6.07, 6.45) is 4.92. The van der Waals surface area contributed by atoms with Gasteiger partial charge in [0.2, 0.25) is 0 Å². The van der Waals surface area contributed by atoms with Crippen LogP contribution in [0.15, 0.2) is 72.0 Å². The van der Waals surface area contributed by atoms with Crippen LogP contribution in [0.4, 0.5) is 10.5 Å². The average Bonchev–Trinajstić information content (AvgIpc) is 3.46. The fourth-order valence-electron chi connectivity index (χ4n) is 4.82. The van der Waals surface area contributed by atoms with Gasteiger partial charge in [0.1, 0.15) is 11.0 Å². The summed E-state index contributed by atoms with van der Waals surface area (Å²) in [5.74, 6) is 0.929. The topological polar surface area (TPSA) is 125 Å². The monoisotopic (exact) mass is 625 g/mol. The molecule has 4 rings (SSSR count). The van der Waals surface area contributed by atoms with Gasteiger partial charge >= 0.3 is 6.09 Å². The lowest BCUT2D eigenvalue weighted by Gasteiger charge is -2.28. The molecular weight excluding hydrogens is 583 g/mol. The molecule has 1 heterocycles. The predicted octanol–water partition coefficient (Wildman–Crippen LogP) is 6.03. The zero-order chi connectivity index (χ0) is 31.0. The number of nitrogens with one attached hydrogen (secondary N) is 4. The van der Waals surface area contributed by atoms with Gasteiger partial charge in [0.25, 0.3) is 0 Å². The van der Waals surface area contributed by atoms with Crippen molar-refractivity contribution >= 4 is 34.1 Å². The van der Waals surface area contributed by atoms with Crippen molar-refractivity contribution in [1.29, 1.82) is 0 Å². The van der Waals surface area contributed by atoms with E-state index < -0.39 is 16.5 Å². The van der Waals surface area contributed by atoms with Crippen LogP contribution in [0.3, 0.4) is 0 Å². The molecule has 2 aromatic carbocycles. The number of carbonyl (C=O) groups is 1. The standard InChI is InChI=1S/C32H43N5O4S2/c1-21(2)41-31(39)36-25-13-11-24(12-14-25)30-34-19-28(42-30)27-16-15-26(17-29(27)43(40)37-32(4,5)20-38)35-22(3)33-18-23-9-7-6-8-10-23/h6-10,15-17,19,21,24-25,33,35,37-38H,3,11-14,18,20H2,1-2,4-5H3,(H,36,39). The fraction of sp³-hybridized carbons (Fsp3) is 0.438. The van der Waals surface area contributed by atoms with Crippen LogP contribution in [0.1, 0.15) is 69.9 Å². The molecule has 1 unspecified atom stereocenters. The maximum absolute atomic E-state index is 13.6. The van der Waals surface area contributed by atoms with Gasteiger partial charge in [-0.1, -0.05) is 43.0 Å². The van der Waals surface area contributed by atoms with Gasteiger partial charge in [-0.2, -0.15) is 0 Å². The van der Waals surface area contributed by atoms with Crippen LogP contribution >= 0.6 is 11.3 Å². The van der Waals surface area contributed by atoms with E-state index in [1.165, 1.54) is 0 Å². The highest BCUT2D eigenvalue weighted by Gasteiger charge is 2.27. The summed E-state index contributed by atoms with van der Waals surface area (Å²) in [7, 11) is -1.61. The van der Waals surface area contributed by atoms with E-state index in [4.69, 9.17) is 9.72 Å². The van der Waals surface area contributed by atoms with E-state index >= 15 is 0 Å². The van der Waals surface area contributed by atoms with Crippen LogP contribution < -0.4 is 20.7 Å². The van der Waals surface area contributed by atoms with E-state index in [1.54, 1.807) is 25.2 Å². The molecule has 0 bridgehead atoms. The molecule has 1 aliphatic carbocycles. The number of aliphatic hydroxyl groups is 1. The first kappa shape index (κ1) is 32.7. The minimum atomic E-state index is -1.61. The van der Waals surface area contributed by atoms with Crippen molar-refractivity contribution in [3.63, 3.8) is 0 Å². The Morgan fingerprint density at radius 1 is 1.16 bits per heavy atom. The smallest absolute Gasteiger partial charge is 0.407 e. The predicted molar refractivity (Wildman–Crippen MR) is 174 cm³/mol. The number of thiazole rings is 1. The number of anilines is 1. The van der Waals surface area contributed by atoms with Crippen LogP contribution in [-0.4, -0.2) is 44.7 Å². The van der Waals surface area contributed by atoms with E-state index in [-0.39, 0.29) is 24.8 Å². The molecule has 1 atom stereocenters. The summed E-state index contributed by atoms with van der Waals surface area (Å²) in [5.41, 5.74) is 1.97. The van der Waals surface area contributed by atoms with Crippen LogP contribution in [-0.2, 0) is 22.3 Å². The van der Waals surface area contributed by atoms with E-state index in [9.17, 15) is 14.1 Å². The molecule has 9 nitrogen and oxygen atoms in total. The molecule has 11 heteroatoms. The zero-order valence-corrected chi connectivity index (χ0v) is 26.9. The van der Waals surface area contributed by atoms with Gasteiger partial charge in [-0.15, -0.1) is 11.3 Å². The van der Waals surface area contributed by atoms with Gasteiger partial charge in [0.05, 0.1) is 33.3 Å². The summed E-state index contributed by atoms with van der Waals surface area (Å²) in [5, 5.41) is 20.4. The number of nitrogens with zero attached hydrogens (tertiary/aromatic N) is 1. The minimum absolute atomic E-state index is 0.105. The molecule has 1 aliphatic rings. The number of rotatable bonds is 13. The van der Waals surface area contributed by atoms with Crippen molar-refractivity contribution in [1.82, 2.24) is 20.3 Å². The third-order valence-corrected chi connectivity index (χ3v) is 9.79. The Kier molecular flexibility index (Phi) is 11.4. The minimum Gasteiger partial charge on any atom is -0.447 e. The first-order chi connectivity index (χ1) is 20.5. The summed E-state index contributed by atoms with van der Waals surface area (Å²) in [6.45, 7) is 11.8. The zero-order valence-electron chi connectivity index (χ0n) is 25.3. The van der Waals surface area contributed by atoms with E-state index in [2.05, 4.69) is 27.3 Å². The molecule has 1 fully saturated rings. The number of hydrogen-bond donors (Lipinski definition) is 5. The van der Waals surface area contributed by atoms with Crippen LogP contribution in [0.5, 0.6) is 0 Å². The van der Waals surface area contributed by atoms with Crippen LogP contribution in [0.25, 0.3) is 10.4 Å². The van der Waals surface area contributed by atoms with Crippen molar-refractivity contribution in [2.24, 2.45) is 0 Å². The number of ether oxygens (including phenoxy) is 1. The lowest BCUT2D eigenvalue weighted by Crippen LogP contribution is -2.43. The van der Waals surface area contributed by atoms with Crippen molar-refractivity contribution in [2.45, 2.75) is 88.4 Å². The molecule has 43 heavy (non-hydrogen) atoms. The second-order valence-corrected chi connectivity index (χ2v) is 14.0. The summed E-state index contributed by atoms with van der Waals surface area (Å²) in [4.78, 5) is 18.3. The molecule has 0 spiro atoms. The highest BCUT2D eigenvalue weighted by atomic mass is 32.2. The number of carbonyl (C=O) groups excluding carboxylic acids is 1. The number of alkyl carbamates (subject to hydrolysis) is 1. The fourth-order valence-corrected chi connectivity index (χ4v) is 7.30. The number of hydrogen-bond acceptors (Lipinski definition) is 8. The lowest BCUT2D eigenvalue weighted by molar-refractivity contribution is 0.109. The van der Waals surface area contributed by atoms with E-state index in [0.717, 1.165) is 52.4 Å². The molecule has 1 aromatic heterocycles. The molecule has 1 amide bonds. The quantitative estimate of drug-likeness (QED) is 0.157. The summed E-state index contributed by atoms with van der Waals surface area (Å²) < 4.78 is 21.9. The molecule has 0 radical (unpaired) electrons. The molecule has 0 saturated heterocycles. The van der Waals surface area contributed by atoms with Gasteiger partial charge < -0.3 is 25.8 Å². The first-order valence-electron chi connectivity index (χ1n) is 14.6. The van der Waals surface area contributed by atoms with Crippen molar-refractivity contribution in [3.8, 4) is 10.4 Å². The molecule has 232 valence electrons. The number of amides is 1. The normalized spacial score (nSPS) is 17.7. The molecule has 3 aromatic rings. The Hall–Kier alpha value is -3.25. The van der Waals surface area contributed by atoms with E-state index in [0.29, 0.717) is 23.2 Å². The van der Waals surface area contributed by atoms with Gasteiger partial charge in [0, 0.05) is 41.5 Å².